The normalized spacial score (nSPS) is 12.2. The molecule has 0 bridgehead atoms. The molecule has 0 spiro atoms. The van der Waals surface area contributed by atoms with Crippen LogP contribution in [0.4, 0.5) is 13.2 Å². The molecule has 1 aromatic carbocycles. The quantitative estimate of drug-likeness (QED) is 0.659. The highest BCUT2D eigenvalue weighted by atomic mass is 32.2. The van der Waals surface area contributed by atoms with Crippen molar-refractivity contribution in [2.24, 2.45) is 0 Å². The molecule has 0 fully saturated rings. The van der Waals surface area contributed by atoms with Gasteiger partial charge >= 0.3 is 6.18 Å². The average Bonchev–Trinajstić information content (AvgIpc) is 3.17. The number of benzene rings is 1. The van der Waals surface area contributed by atoms with Crippen LogP contribution in [0.3, 0.4) is 0 Å². The fourth-order valence-corrected chi connectivity index (χ4v) is 3.40. The average molecular weight is 413 g/mol. The summed E-state index contributed by atoms with van der Waals surface area (Å²) >= 11 is 0. The van der Waals surface area contributed by atoms with Crippen molar-refractivity contribution in [3.63, 3.8) is 0 Å². The van der Waals surface area contributed by atoms with Crippen LogP contribution in [0.5, 0.6) is 0 Å². The molecule has 8 nitrogen and oxygen atoms in total. The van der Waals surface area contributed by atoms with E-state index in [2.05, 4.69) is 14.9 Å². The molecule has 0 aliphatic carbocycles. The van der Waals surface area contributed by atoms with Gasteiger partial charge in [-0.05, 0) is 30.3 Å². The van der Waals surface area contributed by atoms with Crippen molar-refractivity contribution in [3.05, 3.63) is 70.8 Å². The number of aromatic nitrogens is 4. The van der Waals surface area contributed by atoms with Crippen LogP contribution in [-0.2, 0) is 22.7 Å². The molecule has 148 valence electrons. The second-order valence-electron chi connectivity index (χ2n) is 5.63. The van der Waals surface area contributed by atoms with Crippen LogP contribution in [0.25, 0.3) is 5.82 Å². The lowest BCUT2D eigenvalue weighted by atomic mass is 10.2. The van der Waals surface area contributed by atoms with Crippen molar-refractivity contribution in [1.82, 2.24) is 24.3 Å². The number of sulfonamides is 1. The van der Waals surface area contributed by atoms with E-state index in [1.165, 1.54) is 23.0 Å². The third kappa shape index (κ3) is 4.46. The zero-order valence-corrected chi connectivity index (χ0v) is 15.0. The molecule has 12 heteroatoms. The molecule has 0 amide bonds. The molecule has 0 aliphatic rings. The monoisotopic (exact) mass is 413 g/mol. The Hall–Kier alpha value is -2.99. The van der Waals surface area contributed by atoms with E-state index in [0.29, 0.717) is 11.9 Å². The molecule has 0 radical (unpaired) electrons. The topological polar surface area (TPSA) is 98.9 Å². The van der Waals surface area contributed by atoms with Gasteiger partial charge in [0.05, 0.1) is 17.0 Å². The van der Waals surface area contributed by atoms with Gasteiger partial charge in [0.15, 0.2) is 5.82 Å². The molecule has 2 aromatic heterocycles. The van der Waals surface area contributed by atoms with E-state index in [-0.39, 0.29) is 13.1 Å². The molecule has 2 heterocycles. The first-order valence-corrected chi connectivity index (χ1v) is 9.40. The van der Waals surface area contributed by atoms with Gasteiger partial charge in [-0.1, -0.05) is 6.07 Å². The number of hydrogen-bond acceptors (Lipinski definition) is 5. The van der Waals surface area contributed by atoms with Gasteiger partial charge in [-0.3, -0.25) is 4.79 Å². The van der Waals surface area contributed by atoms with E-state index in [1.807, 2.05) is 0 Å². The third-order valence-electron chi connectivity index (χ3n) is 3.68. The number of hydrogen-bond donors (Lipinski definition) is 1. The fourth-order valence-electron chi connectivity index (χ4n) is 2.33. The Balaban J connectivity index is 1.73. The Labute approximate surface area is 157 Å². The van der Waals surface area contributed by atoms with E-state index < -0.39 is 32.2 Å². The van der Waals surface area contributed by atoms with Gasteiger partial charge in [-0.25, -0.2) is 22.5 Å². The van der Waals surface area contributed by atoms with E-state index in [1.54, 1.807) is 12.3 Å². The molecular weight excluding hydrogens is 399 g/mol. The van der Waals surface area contributed by atoms with Gasteiger partial charge in [-0.2, -0.15) is 18.3 Å². The molecule has 0 saturated heterocycles. The van der Waals surface area contributed by atoms with Crippen molar-refractivity contribution in [1.29, 1.82) is 0 Å². The van der Waals surface area contributed by atoms with E-state index >= 15 is 0 Å². The first-order chi connectivity index (χ1) is 13.2. The van der Waals surface area contributed by atoms with Crippen LogP contribution in [0.2, 0.25) is 0 Å². The van der Waals surface area contributed by atoms with Crippen LogP contribution in [-0.4, -0.2) is 34.5 Å². The highest BCUT2D eigenvalue weighted by molar-refractivity contribution is 7.89. The predicted octanol–water partition coefficient (Wildman–Crippen LogP) is 1.43. The number of nitrogens with zero attached hydrogens (tertiary/aromatic N) is 4. The molecular formula is C16H14F3N5O3S. The molecule has 0 aliphatic heterocycles. The highest BCUT2D eigenvalue weighted by Gasteiger charge is 2.31. The summed E-state index contributed by atoms with van der Waals surface area (Å²) in [6.45, 7) is -0.361. The van der Waals surface area contributed by atoms with Gasteiger partial charge in [0.25, 0.3) is 5.56 Å². The fraction of sp³-hybridized carbons (Fsp3) is 0.188. The molecule has 3 rings (SSSR count). The van der Waals surface area contributed by atoms with Crippen LogP contribution in [0, 0.1) is 0 Å². The molecule has 3 aromatic rings. The Morgan fingerprint density at radius 3 is 2.57 bits per heavy atom. The SMILES string of the molecule is O=c1ccc(-n2cccn2)nn1CCNS(=O)(=O)c1cccc(C(F)(F)F)c1. The molecule has 0 atom stereocenters. The Bertz CT molecular complexity index is 1120. The minimum absolute atomic E-state index is 0.119. The zero-order valence-electron chi connectivity index (χ0n) is 14.2. The van der Waals surface area contributed by atoms with Crippen LogP contribution >= 0.6 is 0 Å². The summed E-state index contributed by atoms with van der Waals surface area (Å²) in [5.41, 5.74) is -1.53. The van der Waals surface area contributed by atoms with Gasteiger partial charge in [0.2, 0.25) is 10.0 Å². The second kappa shape index (κ2) is 7.56. The van der Waals surface area contributed by atoms with Crippen LogP contribution in [0.15, 0.2) is 64.5 Å². The van der Waals surface area contributed by atoms with Crippen molar-refractivity contribution in [3.8, 4) is 5.82 Å². The molecule has 0 saturated carbocycles. The Morgan fingerprint density at radius 1 is 1.11 bits per heavy atom. The molecule has 1 N–H and O–H groups in total. The lowest BCUT2D eigenvalue weighted by Crippen LogP contribution is -2.32. The number of halogens is 3. The van der Waals surface area contributed by atoms with E-state index in [0.717, 1.165) is 22.9 Å². The first kappa shape index (κ1) is 19.8. The predicted molar refractivity (Wildman–Crippen MR) is 92.3 cm³/mol. The van der Waals surface area contributed by atoms with E-state index in [4.69, 9.17) is 0 Å². The largest absolute Gasteiger partial charge is 0.416 e. The van der Waals surface area contributed by atoms with Crippen LogP contribution < -0.4 is 10.3 Å². The minimum Gasteiger partial charge on any atom is -0.268 e. The van der Waals surface area contributed by atoms with Crippen molar-refractivity contribution in [2.45, 2.75) is 17.6 Å². The lowest BCUT2D eigenvalue weighted by molar-refractivity contribution is -0.137. The summed E-state index contributed by atoms with van der Waals surface area (Å²) in [5, 5.41) is 8.05. The van der Waals surface area contributed by atoms with Crippen molar-refractivity contribution >= 4 is 10.0 Å². The Morgan fingerprint density at radius 2 is 1.89 bits per heavy atom. The number of nitrogens with one attached hydrogen (secondary N) is 1. The summed E-state index contributed by atoms with van der Waals surface area (Å²) in [6.07, 6.45) is -1.51. The van der Waals surface area contributed by atoms with Crippen molar-refractivity contribution in [2.75, 3.05) is 6.54 Å². The minimum atomic E-state index is -4.66. The summed E-state index contributed by atoms with van der Waals surface area (Å²) in [5.74, 6) is 0.352. The standard InChI is InChI=1S/C16H14F3N5O3S/c17-16(18,19)12-3-1-4-13(11-12)28(26,27)21-8-10-24-15(25)6-5-14(22-24)23-9-2-7-20-23/h1-7,9,11,21H,8,10H2. The van der Waals surface area contributed by atoms with Gasteiger partial charge in [-0.15, -0.1) is 5.10 Å². The maximum absolute atomic E-state index is 12.8. The number of alkyl halides is 3. The second-order valence-corrected chi connectivity index (χ2v) is 7.39. The van der Waals surface area contributed by atoms with Gasteiger partial charge in [0.1, 0.15) is 0 Å². The zero-order chi connectivity index (χ0) is 20.4. The maximum atomic E-state index is 12.8. The number of rotatable bonds is 6. The summed E-state index contributed by atoms with van der Waals surface area (Å²) in [4.78, 5) is 11.4. The summed E-state index contributed by atoms with van der Waals surface area (Å²) in [6, 6.07) is 7.77. The maximum Gasteiger partial charge on any atom is 0.416 e. The summed E-state index contributed by atoms with van der Waals surface area (Å²) < 4.78 is 67.4. The van der Waals surface area contributed by atoms with E-state index in [9.17, 15) is 26.4 Å². The Kier molecular flexibility index (Phi) is 5.34. The van der Waals surface area contributed by atoms with Gasteiger partial charge in [0, 0.05) is 25.0 Å². The third-order valence-corrected chi connectivity index (χ3v) is 5.14. The lowest BCUT2D eigenvalue weighted by Gasteiger charge is -2.11. The van der Waals surface area contributed by atoms with Gasteiger partial charge < -0.3 is 0 Å². The smallest absolute Gasteiger partial charge is 0.268 e. The highest BCUT2D eigenvalue weighted by Crippen LogP contribution is 2.30. The molecule has 0 unspecified atom stereocenters. The van der Waals surface area contributed by atoms with Crippen molar-refractivity contribution < 1.29 is 21.6 Å². The summed E-state index contributed by atoms with van der Waals surface area (Å²) in [7, 11) is -4.19. The molecule has 28 heavy (non-hydrogen) atoms. The van der Waals surface area contributed by atoms with Crippen LogP contribution in [0.1, 0.15) is 5.56 Å². The first-order valence-electron chi connectivity index (χ1n) is 7.92.